The maximum atomic E-state index is 13.0. The van der Waals surface area contributed by atoms with Crippen LogP contribution in [0.4, 0.5) is 5.69 Å². The zero-order valence-corrected chi connectivity index (χ0v) is 14.2. The average molecular weight is 336 g/mol. The predicted molar refractivity (Wildman–Crippen MR) is 91.6 cm³/mol. The number of aromatic nitrogens is 3. The molecule has 4 rings (SSSR count). The van der Waals surface area contributed by atoms with E-state index in [0.29, 0.717) is 18.7 Å². The quantitative estimate of drug-likeness (QED) is 0.848. The monoisotopic (exact) mass is 336 g/mol. The van der Waals surface area contributed by atoms with Crippen molar-refractivity contribution in [2.24, 2.45) is 13.0 Å². The molecule has 25 heavy (non-hydrogen) atoms. The first-order valence-electron chi connectivity index (χ1n) is 8.57. The number of hydrogen-bond donors (Lipinski definition) is 0. The van der Waals surface area contributed by atoms with Crippen LogP contribution in [0.1, 0.15) is 30.3 Å². The lowest BCUT2D eigenvalue weighted by Gasteiger charge is -2.42. The highest BCUT2D eigenvalue weighted by atomic mass is 16.2. The molecule has 3 heterocycles. The number of anilines is 1. The van der Waals surface area contributed by atoms with Crippen molar-refractivity contribution in [3.05, 3.63) is 42.0 Å². The van der Waals surface area contributed by atoms with E-state index in [1.807, 2.05) is 40.8 Å². The first-order chi connectivity index (χ1) is 12.2. The third-order valence-electron chi connectivity index (χ3n) is 5.18. The molecule has 2 saturated heterocycles. The van der Waals surface area contributed by atoms with E-state index in [4.69, 9.17) is 0 Å². The van der Waals surface area contributed by atoms with Gasteiger partial charge in [0.2, 0.25) is 5.91 Å². The van der Waals surface area contributed by atoms with Crippen LogP contribution in [0.15, 0.2) is 30.6 Å². The smallest absolute Gasteiger partial charge is 0.229 e. The fraction of sp³-hybridized carbons (Fsp3) is 0.444. The van der Waals surface area contributed by atoms with Crippen LogP contribution in [0.2, 0.25) is 0 Å². The van der Waals surface area contributed by atoms with Crippen LogP contribution in [0.25, 0.3) is 0 Å². The van der Waals surface area contributed by atoms with Gasteiger partial charge in [-0.2, -0.15) is 5.26 Å². The Bertz CT molecular complexity index is 832. The SMILES string of the molecule is Cn1cnnc1[C@@H]1CCCN1C(=O)C1CN(c2ccccc2C#N)C1. The van der Waals surface area contributed by atoms with Gasteiger partial charge in [0.1, 0.15) is 12.4 Å². The van der Waals surface area contributed by atoms with E-state index in [2.05, 4.69) is 21.2 Å². The van der Waals surface area contributed by atoms with Crippen molar-refractivity contribution in [3.63, 3.8) is 0 Å². The van der Waals surface area contributed by atoms with Gasteiger partial charge >= 0.3 is 0 Å². The second kappa shape index (κ2) is 6.20. The number of benzene rings is 1. The number of likely N-dealkylation sites (tertiary alicyclic amines) is 1. The first kappa shape index (κ1) is 15.6. The van der Waals surface area contributed by atoms with Crippen LogP contribution in [0, 0.1) is 17.2 Å². The molecule has 1 aromatic heterocycles. The number of carbonyl (C=O) groups excluding carboxylic acids is 1. The van der Waals surface area contributed by atoms with E-state index in [-0.39, 0.29) is 17.9 Å². The molecule has 128 valence electrons. The van der Waals surface area contributed by atoms with Gasteiger partial charge < -0.3 is 14.4 Å². The van der Waals surface area contributed by atoms with E-state index >= 15 is 0 Å². The highest BCUT2D eigenvalue weighted by Gasteiger charge is 2.41. The van der Waals surface area contributed by atoms with Gasteiger partial charge in [-0.3, -0.25) is 4.79 Å². The van der Waals surface area contributed by atoms with Crippen molar-refractivity contribution in [3.8, 4) is 6.07 Å². The molecule has 0 spiro atoms. The largest absolute Gasteiger partial charge is 0.369 e. The first-order valence-corrected chi connectivity index (χ1v) is 8.57. The normalized spacial score (nSPS) is 20.4. The van der Waals surface area contributed by atoms with E-state index < -0.39 is 0 Å². The molecule has 0 bridgehead atoms. The lowest BCUT2D eigenvalue weighted by Crippen LogP contribution is -2.54. The Morgan fingerprint density at radius 1 is 1.32 bits per heavy atom. The minimum atomic E-state index is -0.0134. The summed E-state index contributed by atoms with van der Waals surface area (Å²) in [5.74, 6) is 1.04. The molecule has 2 aromatic rings. The van der Waals surface area contributed by atoms with Gasteiger partial charge in [0.05, 0.1) is 23.2 Å². The third kappa shape index (κ3) is 2.64. The molecular weight excluding hydrogens is 316 g/mol. The van der Waals surface area contributed by atoms with Crippen LogP contribution >= 0.6 is 0 Å². The molecule has 2 aliphatic heterocycles. The number of hydrogen-bond acceptors (Lipinski definition) is 5. The number of rotatable bonds is 3. The lowest BCUT2D eigenvalue weighted by atomic mass is 9.96. The number of carbonyl (C=O) groups is 1. The van der Waals surface area contributed by atoms with Gasteiger partial charge in [-0.05, 0) is 25.0 Å². The second-order valence-corrected chi connectivity index (χ2v) is 6.72. The summed E-state index contributed by atoms with van der Waals surface area (Å²) in [7, 11) is 1.92. The number of nitriles is 1. The molecule has 1 amide bonds. The number of nitrogens with zero attached hydrogens (tertiary/aromatic N) is 6. The van der Waals surface area contributed by atoms with Crippen LogP contribution in [-0.2, 0) is 11.8 Å². The Morgan fingerprint density at radius 2 is 2.12 bits per heavy atom. The Hall–Kier alpha value is -2.88. The lowest BCUT2D eigenvalue weighted by molar-refractivity contribution is -0.137. The molecule has 2 aliphatic rings. The standard InChI is InChI=1S/C18H20N6O/c1-22-12-20-21-17(22)16-7-4-8-24(16)18(25)14-10-23(11-14)15-6-3-2-5-13(15)9-19/h2-3,5-6,12,14,16H,4,7-8,10-11H2,1H3/t16-/m0/s1. The highest BCUT2D eigenvalue weighted by molar-refractivity contribution is 5.83. The average Bonchev–Trinajstić information content (AvgIpc) is 3.22. The maximum absolute atomic E-state index is 13.0. The molecule has 1 aromatic carbocycles. The van der Waals surface area contributed by atoms with Crippen molar-refractivity contribution in [1.29, 1.82) is 5.26 Å². The molecule has 7 heteroatoms. The van der Waals surface area contributed by atoms with Gasteiger partial charge in [0.15, 0.2) is 5.82 Å². The summed E-state index contributed by atoms with van der Waals surface area (Å²) in [5, 5.41) is 17.4. The fourth-order valence-electron chi connectivity index (χ4n) is 3.80. The summed E-state index contributed by atoms with van der Waals surface area (Å²) < 4.78 is 1.90. The predicted octanol–water partition coefficient (Wildman–Crippen LogP) is 1.49. The topological polar surface area (TPSA) is 78.1 Å². The Kier molecular flexibility index (Phi) is 3.88. The molecule has 0 saturated carbocycles. The number of aryl methyl sites for hydroxylation is 1. The third-order valence-corrected chi connectivity index (χ3v) is 5.18. The summed E-state index contributed by atoms with van der Waals surface area (Å²) in [5.41, 5.74) is 1.58. The van der Waals surface area contributed by atoms with Crippen molar-refractivity contribution in [1.82, 2.24) is 19.7 Å². The van der Waals surface area contributed by atoms with Gasteiger partial charge in [0.25, 0.3) is 0 Å². The summed E-state index contributed by atoms with van der Waals surface area (Å²) >= 11 is 0. The summed E-state index contributed by atoms with van der Waals surface area (Å²) in [4.78, 5) is 17.0. The Labute approximate surface area is 146 Å². The van der Waals surface area contributed by atoms with Crippen LogP contribution in [0.3, 0.4) is 0 Å². The summed E-state index contributed by atoms with van der Waals surface area (Å²) in [6.07, 6.45) is 3.61. The van der Waals surface area contributed by atoms with Crippen molar-refractivity contribution in [2.45, 2.75) is 18.9 Å². The molecule has 0 radical (unpaired) electrons. The molecule has 0 unspecified atom stereocenters. The highest BCUT2D eigenvalue weighted by Crippen LogP contribution is 2.35. The molecule has 0 aliphatic carbocycles. The molecule has 1 atom stereocenters. The fourth-order valence-corrected chi connectivity index (χ4v) is 3.80. The van der Waals surface area contributed by atoms with E-state index in [9.17, 15) is 10.1 Å². The van der Waals surface area contributed by atoms with E-state index in [1.54, 1.807) is 6.33 Å². The van der Waals surface area contributed by atoms with Crippen molar-refractivity contribution >= 4 is 11.6 Å². The van der Waals surface area contributed by atoms with Gasteiger partial charge in [-0.1, -0.05) is 12.1 Å². The zero-order valence-electron chi connectivity index (χ0n) is 14.2. The van der Waals surface area contributed by atoms with Crippen molar-refractivity contribution < 1.29 is 4.79 Å². The zero-order chi connectivity index (χ0) is 17.4. The van der Waals surface area contributed by atoms with E-state index in [0.717, 1.165) is 30.9 Å². The minimum Gasteiger partial charge on any atom is -0.369 e. The second-order valence-electron chi connectivity index (χ2n) is 6.72. The van der Waals surface area contributed by atoms with Crippen LogP contribution in [-0.4, -0.2) is 45.2 Å². The van der Waals surface area contributed by atoms with Crippen LogP contribution in [0.5, 0.6) is 0 Å². The molecule has 7 nitrogen and oxygen atoms in total. The summed E-state index contributed by atoms with van der Waals surface area (Å²) in [6, 6.07) is 9.79. The van der Waals surface area contributed by atoms with E-state index in [1.165, 1.54) is 0 Å². The van der Waals surface area contributed by atoms with Gasteiger partial charge in [0, 0.05) is 26.7 Å². The van der Waals surface area contributed by atoms with Crippen LogP contribution < -0.4 is 4.90 Å². The Balaban J connectivity index is 1.45. The summed E-state index contributed by atoms with van der Waals surface area (Å²) in [6.45, 7) is 2.11. The maximum Gasteiger partial charge on any atom is 0.229 e. The molecule has 0 N–H and O–H groups in total. The molecule has 2 fully saturated rings. The number of para-hydroxylation sites is 1. The number of amides is 1. The molecular formula is C18H20N6O. The Morgan fingerprint density at radius 3 is 2.84 bits per heavy atom. The minimum absolute atomic E-state index is 0.0134. The van der Waals surface area contributed by atoms with Gasteiger partial charge in [-0.15, -0.1) is 10.2 Å². The van der Waals surface area contributed by atoms with Crippen molar-refractivity contribution in [2.75, 3.05) is 24.5 Å². The van der Waals surface area contributed by atoms with Gasteiger partial charge in [-0.25, -0.2) is 0 Å².